The molecule has 0 spiro atoms. The highest BCUT2D eigenvalue weighted by Gasteiger charge is 2.13. The lowest BCUT2D eigenvalue weighted by Crippen LogP contribution is -2.14. The molecule has 8 heteroatoms. The predicted molar refractivity (Wildman–Crippen MR) is 127 cm³/mol. The van der Waals surface area contributed by atoms with Crippen LogP contribution in [0.25, 0.3) is 0 Å². The van der Waals surface area contributed by atoms with Crippen LogP contribution in [0.2, 0.25) is 5.02 Å². The van der Waals surface area contributed by atoms with Crippen LogP contribution in [0.3, 0.4) is 0 Å². The fourth-order valence-corrected chi connectivity index (χ4v) is 3.17. The minimum absolute atomic E-state index is 0.0746. The van der Waals surface area contributed by atoms with Gasteiger partial charge in [-0.1, -0.05) is 55.8 Å². The number of carboxylic acid groups (broad SMARTS) is 1. The van der Waals surface area contributed by atoms with Crippen LogP contribution in [-0.2, 0) is 22.7 Å². The van der Waals surface area contributed by atoms with Gasteiger partial charge in [-0.2, -0.15) is 0 Å². The molecule has 0 fully saturated rings. The zero-order valence-electron chi connectivity index (χ0n) is 18.2. The molecule has 0 unspecified atom stereocenters. The summed E-state index contributed by atoms with van der Waals surface area (Å²) in [5.41, 5.74) is 10.1. The van der Waals surface area contributed by atoms with Gasteiger partial charge >= 0.3 is 12.1 Å². The first-order valence-electron chi connectivity index (χ1n) is 10.3. The number of aliphatic carboxylic acids is 1. The maximum Gasteiger partial charge on any atom is 0.411 e. The maximum absolute atomic E-state index is 12.0. The molecule has 0 saturated carbocycles. The van der Waals surface area contributed by atoms with Crippen LogP contribution >= 0.6 is 11.6 Å². The number of nitrogens with two attached hydrogens (primary N) is 1. The number of amides is 1. The van der Waals surface area contributed by atoms with Gasteiger partial charge < -0.3 is 15.6 Å². The Morgan fingerprint density at radius 1 is 1.09 bits per heavy atom. The monoisotopic (exact) mass is 457 g/mol. The summed E-state index contributed by atoms with van der Waals surface area (Å²) in [6, 6.07) is 14.3. The highest BCUT2D eigenvalue weighted by Crippen LogP contribution is 2.18. The van der Waals surface area contributed by atoms with Gasteiger partial charge in [-0.15, -0.1) is 0 Å². The zero-order valence-corrected chi connectivity index (χ0v) is 19.0. The highest BCUT2D eigenvalue weighted by atomic mass is 35.5. The van der Waals surface area contributed by atoms with Crippen LogP contribution < -0.4 is 11.1 Å². The molecule has 0 atom stereocenters. The van der Waals surface area contributed by atoms with Crippen molar-refractivity contribution in [1.82, 2.24) is 0 Å². The van der Waals surface area contributed by atoms with Crippen molar-refractivity contribution in [1.29, 1.82) is 0 Å². The molecule has 170 valence electrons. The average molecular weight is 458 g/mol. The Bertz CT molecular complexity index is 1000. The van der Waals surface area contributed by atoms with Crippen molar-refractivity contribution in [3.63, 3.8) is 0 Å². The first-order chi connectivity index (χ1) is 15.3. The van der Waals surface area contributed by atoms with Gasteiger partial charge in [-0.3, -0.25) is 15.1 Å². The largest absolute Gasteiger partial charge is 0.481 e. The summed E-state index contributed by atoms with van der Waals surface area (Å²) >= 11 is 6.06. The van der Waals surface area contributed by atoms with E-state index in [9.17, 15) is 14.7 Å². The Labute approximate surface area is 192 Å². The van der Waals surface area contributed by atoms with Crippen LogP contribution in [0.4, 0.5) is 10.5 Å². The number of benzene rings is 2. The number of allylic oxidation sites excluding steroid dienone is 1. The van der Waals surface area contributed by atoms with Crippen LogP contribution in [0.5, 0.6) is 0 Å². The molecule has 0 heterocycles. The number of rotatable bonds is 10. The second-order valence-electron chi connectivity index (χ2n) is 7.03. The predicted octanol–water partition coefficient (Wildman–Crippen LogP) is 5.54. The van der Waals surface area contributed by atoms with Crippen molar-refractivity contribution < 1.29 is 19.4 Å². The van der Waals surface area contributed by atoms with Crippen molar-refractivity contribution >= 4 is 35.1 Å². The Morgan fingerprint density at radius 2 is 1.78 bits per heavy atom. The first-order valence-corrected chi connectivity index (χ1v) is 10.7. The third kappa shape index (κ3) is 7.74. The second kappa shape index (κ2) is 12.5. The van der Waals surface area contributed by atoms with Crippen LogP contribution in [0, 0.1) is 0 Å². The molecule has 0 aromatic heterocycles. The number of carboxylic acids is 1. The summed E-state index contributed by atoms with van der Waals surface area (Å²) in [4.78, 5) is 27.8. The number of nitrogens with one attached hydrogen (secondary N) is 1. The Hall–Kier alpha value is -3.32. The van der Waals surface area contributed by atoms with E-state index < -0.39 is 12.1 Å². The van der Waals surface area contributed by atoms with Gasteiger partial charge in [0.25, 0.3) is 0 Å². The van der Waals surface area contributed by atoms with E-state index in [1.165, 1.54) is 0 Å². The molecule has 2 aromatic carbocycles. The molecule has 0 aliphatic carbocycles. The van der Waals surface area contributed by atoms with Gasteiger partial charge in [0, 0.05) is 33.3 Å². The van der Waals surface area contributed by atoms with E-state index in [0.29, 0.717) is 47.1 Å². The lowest BCUT2D eigenvalue weighted by molar-refractivity contribution is -0.136. The van der Waals surface area contributed by atoms with Crippen LogP contribution in [0.15, 0.2) is 64.8 Å². The molecule has 4 N–H and O–H groups in total. The van der Waals surface area contributed by atoms with Gasteiger partial charge in [0.2, 0.25) is 0 Å². The fourth-order valence-electron chi connectivity index (χ4n) is 2.98. The van der Waals surface area contributed by atoms with Crippen molar-refractivity contribution in [3.05, 3.63) is 76.0 Å². The SMILES string of the molecule is CCC(=NCc1ccc(NC(=O)OCc2ccccc2Cl)cc1)C(CC(=O)O)=C(N)CC. The van der Waals surface area contributed by atoms with E-state index in [4.69, 9.17) is 22.1 Å². The van der Waals surface area contributed by atoms with Gasteiger partial charge in [0.05, 0.1) is 13.0 Å². The van der Waals surface area contributed by atoms with E-state index in [2.05, 4.69) is 10.3 Å². The number of aliphatic imine (C=N–C) groups is 1. The number of ether oxygens (including phenoxy) is 1. The molecule has 32 heavy (non-hydrogen) atoms. The molecular weight excluding hydrogens is 430 g/mol. The van der Waals surface area contributed by atoms with Crippen LogP contribution in [0.1, 0.15) is 44.2 Å². The maximum atomic E-state index is 12.0. The van der Waals surface area contributed by atoms with Crippen LogP contribution in [-0.4, -0.2) is 22.9 Å². The van der Waals surface area contributed by atoms with Gasteiger partial charge in [-0.05, 0) is 36.6 Å². The van der Waals surface area contributed by atoms with E-state index in [-0.39, 0.29) is 13.0 Å². The summed E-state index contributed by atoms with van der Waals surface area (Å²) in [5.74, 6) is -0.936. The van der Waals surface area contributed by atoms with E-state index in [1.807, 2.05) is 38.1 Å². The average Bonchev–Trinajstić information content (AvgIpc) is 2.78. The molecule has 7 nitrogen and oxygen atoms in total. The Kier molecular flexibility index (Phi) is 9.76. The second-order valence-corrected chi connectivity index (χ2v) is 7.44. The molecule has 2 rings (SSSR count). The topological polar surface area (TPSA) is 114 Å². The minimum atomic E-state index is -0.936. The Morgan fingerprint density at radius 3 is 2.38 bits per heavy atom. The van der Waals surface area contributed by atoms with Gasteiger partial charge in [0.15, 0.2) is 0 Å². The van der Waals surface area contributed by atoms with Crippen molar-refractivity contribution in [3.8, 4) is 0 Å². The minimum Gasteiger partial charge on any atom is -0.481 e. The smallest absolute Gasteiger partial charge is 0.411 e. The fraction of sp³-hybridized carbons (Fsp3) is 0.292. The van der Waals surface area contributed by atoms with Crippen molar-refractivity contribution in [2.45, 2.75) is 46.3 Å². The summed E-state index contributed by atoms with van der Waals surface area (Å²) in [6.07, 6.45) is 0.419. The number of carbonyl (C=O) groups excluding carboxylic acids is 1. The number of anilines is 1. The number of carbonyl (C=O) groups is 2. The van der Waals surface area contributed by atoms with Gasteiger partial charge in [-0.25, -0.2) is 4.79 Å². The molecule has 0 radical (unpaired) electrons. The van der Waals surface area contributed by atoms with E-state index in [0.717, 1.165) is 11.1 Å². The Balaban J connectivity index is 1.98. The van der Waals surface area contributed by atoms with E-state index >= 15 is 0 Å². The summed E-state index contributed by atoms with van der Waals surface area (Å²) in [5, 5.41) is 12.4. The molecule has 0 aliphatic heterocycles. The standard InChI is InChI=1S/C24H28ClN3O4/c1-3-21(26)19(13-23(29)30)22(4-2)27-14-16-9-11-18(12-10-16)28-24(31)32-15-17-7-5-6-8-20(17)25/h5-12H,3-4,13-15,26H2,1-2H3,(H,28,31)(H,29,30). The third-order valence-corrected chi connectivity index (χ3v) is 5.12. The zero-order chi connectivity index (χ0) is 23.5. The van der Waals surface area contributed by atoms with Crippen molar-refractivity contribution in [2.75, 3.05) is 5.32 Å². The highest BCUT2D eigenvalue weighted by molar-refractivity contribution is 6.31. The number of halogens is 1. The van der Waals surface area contributed by atoms with Crippen molar-refractivity contribution in [2.24, 2.45) is 10.7 Å². The molecular formula is C24H28ClN3O4. The lowest BCUT2D eigenvalue weighted by Gasteiger charge is -2.12. The summed E-state index contributed by atoms with van der Waals surface area (Å²) in [6.45, 7) is 4.26. The van der Waals surface area contributed by atoms with Gasteiger partial charge in [0.1, 0.15) is 6.61 Å². The molecule has 0 bridgehead atoms. The van der Waals surface area contributed by atoms with E-state index in [1.54, 1.807) is 24.3 Å². The summed E-state index contributed by atoms with van der Waals surface area (Å²) in [7, 11) is 0. The third-order valence-electron chi connectivity index (χ3n) is 4.75. The molecule has 0 aliphatic rings. The molecule has 1 amide bonds. The quantitative estimate of drug-likeness (QED) is 0.405. The number of hydrogen-bond donors (Lipinski definition) is 3. The number of hydrogen-bond acceptors (Lipinski definition) is 5. The first kappa shape index (κ1) is 24.9. The molecule has 2 aromatic rings. The normalized spacial score (nSPS) is 12.2. The summed E-state index contributed by atoms with van der Waals surface area (Å²) < 4.78 is 5.21. The number of nitrogens with zero attached hydrogens (tertiary/aromatic N) is 1. The lowest BCUT2D eigenvalue weighted by atomic mass is 10.0. The molecule has 0 saturated heterocycles.